The first-order chi connectivity index (χ1) is 9.43. The normalized spacial score (nSPS) is 18.1. The summed E-state index contributed by atoms with van der Waals surface area (Å²) < 4.78 is 40.6. The van der Waals surface area contributed by atoms with Gasteiger partial charge in [0, 0.05) is 17.2 Å². The van der Waals surface area contributed by atoms with Crippen molar-refractivity contribution in [1.82, 2.24) is 9.36 Å². The van der Waals surface area contributed by atoms with Gasteiger partial charge in [0.1, 0.15) is 0 Å². The molecule has 0 bridgehead atoms. The Morgan fingerprint density at radius 3 is 2.85 bits per heavy atom. The second kappa shape index (κ2) is 4.62. The molecule has 1 aromatic carbocycles. The molecule has 8 heteroatoms. The van der Waals surface area contributed by atoms with E-state index in [1.54, 1.807) is 6.07 Å². The van der Waals surface area contributed by atoms with Gasteiger partial charge in [-0.15, -0.1) is 0 Å². The first-order valence-electron chi connectivity index (χ1n) is 5.99. The third kappa shape index (κ3) is 2.43. The summed E-state index contributed by atoms with van der Waals surface area (Å²) in [4.78, 5) is 3.48. The Morgan fingerprint density at radius 2 is 2.15 bits per heavy atom. The molecular formula is C12H11F3N4S. The number of alkyl halides is 3. The molecule has 106 valence electrons. The van der Waals surface area contributed by atoms with Crippen LogP contribution in [-0.2, 0) is 12.6 Å². The van der Waals surface area contributed by atoms with Crippen molar-refractivity contribution in [3.05, 3.63) is 35.2 Å². The molecule has 20 heavy (non-hydrogen) atoms. The summed E-state index contributed by atoms with van der Waals surface area (Å²) in [6.45, 7) is 0. The smallest absolute Gasteiger partial charge is 0.399 e. The molecule has 1 heterocycles. The lowest BCUT2D eigenvalue weighted by Gasteiger charge is -2.12. The molecule has 3 rings (SSSR count). The van der Waals surface area contributed by atoms with Gasteiger partial charge in [-0.3, -0.25) is 0 Å². The highest BCUT2D eigenvalue weighted by Gasteiger charge is 2.36. The summed E-state index contributed by atoms with van der Waals surface area (Å²) in [7, 11) is 0. The molecule has 0 fully saturated rings. The highest BCUT2D eigenvalue weighted by Crippen LogP contribution is 2.36. The maximum absolute atomic E-state index is 12.4. The van der Waals surface area contributed by atoms with E-state index >= 15 is 0 Å². The number of hydrogen-bond acceptors (Lipinski definition) is 5. The molecule has 4 nitrogen and oxygen atoms in total. The maximum Gasteiger partial charge on any atom is 0.452 e. The SMILES string of the molecule is Nc1ccc2c(c1)CCC2Nc1nc(C(F)(F)F)ns1. The molecule has 0 spiro atoms. The Kier molecular flexibility index (Phi) is 3.04. The van der Waals surface area contributed by atoms with E-state index in [0.717, 1.165) is 35.5 Å². The minimum Gasteiger partial charge on any atom is -0.399 e. The van der Waals surface area contributed by atoms with Gasteiger partial charge in [-0.05, 0) is 36.1 Å². The van der Waals surface area contributed by atoms with Crippen LogP contribution in [-0.4, -0.2) is 9.36 Å². The minimum absolute atomic E-state index is 0.0420. The maximum atomic E-state index is 12.4. The first kappa shape index (κ1) is 13.2. The lowest BCUT2D eigenvalue weighted by Crippen LogP contribution is -2.09. The fourth-order valence-electron chi connectivity index (χ4n) is 2.33. The van der Waals surface area contributed by atoms with E-state index < -0.39 is 12.0 Å². The van der Waals surface area contributed by atoms with E-state index in [-0.39, 0.29) is 11.2 Å². The third-order valence-electron chi connectivity index (χ3n) is 3.22. The topological polar surface area (TPSA) is 63.8 Å². The molecule has 1 aliphatic rings. The number of nitrogens with one attached hydrogen (secondary N) is 1. The molecule has 0 radical (unpaired) electrons. The van der Waals surface area contributed by atoms with Crippen LogP contribution in [0.25, 0.3) is 0 Å². The van der Waals surface area contributed by atoms with Crippen molar-refractivity contribution < 1.29 is 13.2 Å². The van der Waals surface area contributed by atoms with Crippen LogP contribution in [0.4, 0.5) is 24.0 Å². The second-order valence-electron chi connectivity index (χ2n) is 4.61. The van der Waals surface area contributed by atoms with Crippen LogP contribution in [0.2, 0.25) is 0 Å². The van der Waals surface area contributed by atoms with E-state index in [0.29, 0.717) is 5.69 Å². The van der Waals surface area contributed by atoms with Crippen molar-refractivity contribution in [3.63, 3.8) is 0 Å². The standard InChI is InChI=1S/C12H11F3N4S/c13-12(14,15)10-18-11(20-19-10)17-9-4-1-6-5-7(16)2-3-8(6)9/h2-3,5,9H,1,4,16H2,(H,17,18,19). The van der Waals surface area contributed by atoms with Crippen LogP contribution in [0.1, 0.15) is 29.4 Å². The number of halogens is 3. The first-order valence-corrected chi connectivity index (χ1v) is 6.76. The molecule has 1 aliphatic carbocycles. The average Bonchev–Trinajstić information content (AvgIpc) is 2.96. The number of aryl methyl sites for hydroxylation is 1. The summed E-state index contributed by atoms with van der Waals surface area (Å²) in [5.74, 6) is -1.10. The number of rotatable bonds is 2. The molecule has 0 saturated heterocycles. The lowest BCUT2D eigenvalue weighted by atomic mass is 10.1. The van der Waals surface area contributed by atoms with E-state index in [2.05, 4.69) is 14.7 Å². The van der Waals surface area contributed by atoms with Crippen LogP contribution in [0.3, 0.4) is 0 Å². The van der Waals surface area contributed by atoms with Gasteiger partial charge in [0.2, 0.25) is 11.0 Å². The van der Waals surface area contributed by atoms with Crippen LogP contribution in [0, 0.1) is 0 Å². The van der Waals surface area contributed by atoms with E-state index in [9.17, 15) is 13.2 Å². The van der Waals surface area contributed by atoms with Crippen molar-refractivity contribution in [1.29, 1.82) is 0 Å². The van der Waals surface area contributed by atoms with Crippen molar-refractivity contribution in [2.45, 2.75) is 25.1 Å². The number of benzene rings is 1. The molecule has 1 aromatic heterocycles. The van der Waals surface area contributed by atoms with Gasteiger partial charge < -0.3 is 11.1 Å². The van der Waals surface area contributed by atoms with Crippen molar-refractivity contribution in [3.8, 4) is 0 Å². The highest BCUT2D eigenvalue weighted by atomic mass is 32.1. The monoisotopic (exact) mass is 300 g/mol. The van der Waals surface area contributed by atoms with Crippen LogP contribution in [0.15, 0.2) is 18.2 Å². The van der Waals surface area contributed by atoms with Crippen molar-refractivity contribution >= 4 is 22.4 Å². The summed E-state index contributed by atoms with van der Waals surface area (Å²) in [6, 6.07) is 5.55. The molecule has 1 atom stereocenters. The number of anilines is 2. The van der Waals surface area contributed by atoms with Crippen molar-refractivity contribution in [2.75, 3.05) is 11.1 Å². The highest BCUT2D eigenvalue weighted by molar-refractivity contribution is 7.09. The van der Waals surface area contributed by atoms with Gasteiger partial charge in [0.15, 0.2) is 0 Å². The number of fused-ring (bicyclic) bond motifs is 1. The molecule has 1 unspecified atom stereocenters. The number of nitrogen functional groups attached to an aromatic ring is 1. The molecule has 2 aromatic rings. The van der Waals surface area contributed by atoms with Gasteiger partial charge in [0.05, 0.1) is 6.04 Å². The summed E-state index contributed by atoms with van der Waals surface area (Å²) in [5, 5.41) is 3.20. The van der Waals surface area contributed by atoms with Gasteiger partial charge in [0.25, 0.3) is 0 Å². The van der Waals surface area contributed by atoms with Crippen molar-refractivity contribution in [2.24, 2.45) is 0 Å². The molecule has 3 N–H and O–H groups in total. The number of aromatic nitrogens is 2. The number of nitrogens with two attached hydrogens (primary N) is 1. The largest absolute Gasteiger partial charge is 0.452 e. The van der Waals surface area contributed by atoms with E-state index in [1.807, 2.05) is 12.1 Å². The fourth-order valence-corrected chi connectivity index (χ4v) is 2.97. The van der Waals surface area contributed by atoms with E-state index in [4.69, 9.17) is 5.73 Å². The zero-order valence-electron chi connectivity index (χ0n) is 10.2. The average molecular weight is 300 g/mol. The Labute approximate surface area is 117 Å². The molecular weight excluding hydrogens is 289 g/mol. The van der Waals surface area contributed by atoms with Gasteiger partial charge >= 0.3 is 6.18 Å². The fraction of sp³-hybridized carbons (Fsp3) is 0.333. The number of hydrogen-bond donors (Lipinski definition) is 2. The summed E-state index contributed by atoms with van der Waals surface area (Å²) in [6.07, 6.45) is -2.85. The zero-order valence-corrected chi connectivity index (χ0v) is 11.1. The molecule has 0 amide bonds. The van der Waals surface area contributed by atoms with Gasteiger partial charge in [-0.1, -0.05) is 6.07 Å². The summed E-state index contributed by atoms with van der Waals surface area (Å²) >= 11 is 0.724. The minimum atomic E-state index is -4.50. The Balaban J connectivity index is 1.79. The Hall–Kier alpha value is -1.83. The quantitative estimate of drug-likeness (QED) is 0.836. The van der Waals surface area contributed by atoms with Gasteiger partial charge in [-0.25, -0.2) is 0 Å². The molecule has 0 aliphatic heterocycles. The lowest BCUT2D eigenvalue weighted by molar-refractivity contribution is -0.144. The van der Waals surface area contributed by atoms with Crippen LogP contribution >= 0.6 is 11.5 Å². The third-order valence-corrected chi connectivity index (χ3v) is 3.87. The predicted octanol–water partition coefficient (Wildman–Crippen LogP) is 3.24. The van der Waals surface area contributed by atoms with Crippen LogP contribution in [0.5, 0.6) is 0 Å². The zero-order chi connectivity index (χ0) is 14.3. The number of nitrogens with zero attached hydrogens (tertiary/aromatic N) is 2. The Bertz CT molecular complexity index is 638. The predicted molar refractivity (Wildman–Crippen MR) is 70.5 cm³/mol. The Morgan fingerprint density at radius 1 is 1.35 bits per heavy atom. The molecule has 0 saturated carbocycles. The second-order valence-corrected chi connectivity index (χ2v) is 5.37. The van der Waals surface area contributed by atoms with E-state index in [1.165, 1.54) is 0 Å². The van der Waals surface area contributed by atoms with Crippen LogP contribution < -0.4 is 11.1 Å². The van der Waals surface area contributed by atoms with Gasteiger partial charge in [-0.2, -0.15) is 22.5 Å². The summed E-state index contributed by atoms with van der Waals surface area (Å²) in [5.41, 5.74) is 8.59.